The molecule has 0 heterocycles. The second-order valence-electron chi connectivity index (χ2n) is 5.78. The monoisotopic (exact) mass is 303 g/mol. The Morgan fingerprint density at radius 3 is 2.48 bits per heavy atom. The van der Waals surface area contributed by atoms with Crippen molar-refractivity contribution in [1.29, 1.82) is 0 Å². The fourth-order valence-corrected chi connectivity index (χ4v) is 3.45. The first kappa shape index (κ1) is 14.6. The molecule has 21 heavy (non-hydrogen) atoms. The van der Waals surface area contributed by atoms with E-state index < -0.39 is 0 Å². The number of hydrogen-bond donors (Lipinski definition) is 1. The minimum Gasteiger partial charge on any atom is -0.316 e. The van der Waals surface area contributed by atoms with Crippen LogP contribution in [0.1, 0.15) is 24.0 Å². The Kier molecular flexibility index (Phi) is 4.01. The molecule has 0 aromatic heterocycles. The number of likely N-dealkylation sites (N-methyl/N-ethyl adjacent to an activating group) is 1. The maximum Gasteiger partial charge on any atom is 0.142 e. The van der Waals surface area contributed by atoms with E-state index in [1.807, 2.05) is 19.2 Å². The molecule has 1 unspecified atom stereocenters. The largest absolute Gasteiger partial charge is 0.316 e. The van der Waals surface area contributed by atoms with E-state index in [0.717, 1.165) is 24.8 Å². The molecule has 1 saturated carbocycles. The van der Waals surface area contributed by atoms with E-state index in [2.05, 4.69) is 29.6 Å². The minimum atomic E-state index is -0.339. The summed E-state index contributed by atoms with van der Waals surface area (Å²) in [5.41, 5.74) is 2.39. The van der Waals surface area contributed by atoms with Crippen molar-refractivity contribution in [2.45, 2.75) is 30.7 Å². The molecule has 0 saturated heterocycles. The molecule has 0 aliphatic heterocycles. The number of benzene rings is 2. The van der Waals surface area contributed by atoms with Gasteiger partial charge < -0.3 is 5.32 Å². The van der Waals surface area contributed by atoms with Crippen molar-refractivity contribution >= 4 is 11.6 Å². The average molecular weight is 304 g/mol. The molecule has 1 N–H and O–H groups in total. The number of nitrogens with one attached hydrogen (secondary N) is 1. The van der Waals surface area contributed by atoms with E-state index in [-0.39, 0.29) is 22.3 Å². The zero-order valence-corrected chi connectivity index (χ0v) is 12.8. The third kappa shape index (κ3) is 2.70. The van der Waals surface area contributed by atoms with Crippen LogP contribution in [0.25, 0.3) is 0 Å². The summed E-state index contributed by atoms with van der Waals surface area (Å²) in [6.07, 6.45) is 3.06. The van der Waals surface area contributed by atoms with E-state index in [0.29, 0.717) is 0 Å². The van der Waals surface area contributed by atoms with Gasteiger partial charge in [0.05, 0.1) is 5.02 Å². The second-order valence-corrected chi connectivity index (χ2v) is 6.16. The van der Waals surface area contributed by atoms with Crippen molar-refractivity contribution in [3.05, 3.63) is 70.5 Å². The van der Waals surface area contributed by atoms with Crippen LogP contribution in [-0.2, 0) is 11.8 Å². The Hall–Kier alpha value is -1.38. The van der Waals surface area contributed by atoms with Crippen molar-refractivity contribution in [1.82, 2.24) is 5.32 Å². The molecule has 1 nitrogen and oxygen atoms in total. The standard InChI is InChI=1S/C18H19ClFN/c1-21-16(12-13-6-5-9-15(20)17(13)19)18(10-11-18)14-7-3-2-4-8-14/h2-9,16,21H,10-12H2,1H3. The molecule has 110 valence electrons. The molecule has 0 bridgehead atoms. The third-order valence-corrected chi connectivity index (χ3v) is 5.03. The first-order chi connectivity index (χ1) is 10.2. The summed E-state index contributed by atoms with van der Waals surface area (Å²) in [6, 6.07) is 15.9. The highest BCUT2D eigenvalue weighted by Crippen LogP contribution is 2.51. The van der Waals surface area contributed by atoms with Gasteiger partial charge in [0.15, 0.2) is 0 Å². The molecule has 0 radical (unpaired) electrons. The molecule has 1 fully saturated rings. The molecule has 2 aromatic rings. The predicted molar refractivity (Wildman–Crippen MR) is 85.3 cm³/mol. The van der Waals surface area contributed by atoms with Crippen LogP contribution in [0.3, 0.4) is 0 Å². The maximum absolute atomic E-state index is 13.6. The molecule has 1 aliphatic rings. The Bertz CT molecular complexity index is 622. The first-order valence-electron chi connectivity index (χ1n) is 7.33. The Labute approximate surface area is 130 Å². The summed E-state index contributed by atoms with van der Waals surface area (Å²) in [7, 11) is 1.97. The lowest BCUT2D eigenvalue weighted by atomic mass is 9.84. The van der Waals surface area contributed by atoms with Crippen LogP contribution >= 0.6 is 11.6 Å². The molecule has 2 aromatic carbocycles. The Morgan fingerprint density at radius 2 is 1.86 bits per heavy atom. The molecule has 3 heteroatoms. The second kappa shape index (κ2) is 5.78. The van der Waals surface area contributed by atoms with E-state index in [1.165, 1.54) is 11.6 Å². The van der Waals surface area contributed by atoms with Crippen LogP contribution in [0.15, 0.2) is 48.5 Å². The van der Waals surface area contributed by atoms with Crippen molar-refractivity contribution in [2.75, 3.05) is 7.05 Å². The quantitative estimate of drug-likeness (QED) is 0.866. The van der Waals surface area contributed by atoms with Crippen LogP contribution < -0.4 is 5.32 Å². The topological polar surface area (TPSA) is 12.0 Å². The highest BCUT2D eigenvalue weighted by Gasteiger charge is 2.49. The fourth-order valence-electron chi connectivity index (χ4n) is 3.24. The average Bonchev–Trinajstić information content (AvgIpc) is 3.31. The van der Waals surface area contributed by atoms with E-state index in [1.54, 1.807) is 6.07 Å². The van der Waals surface area contributed by atoms with Crippen LogP contribution in [0, 0.1) is 5.82 Å². The zero-order valence-electron chi connectivity index (χ0n) is 12.1. The lowest BCUT2D eigenvalue weighted by molar-refractivity contribution is 0.442. The van der Waals surface area contributed by atoms with Gasteiger partial charge in [-0.1, -0.05) is 54.1 Å². The van der Waals surface area contributed by atoms with Crippen LogP contribution in [0.2, 0.25) is 5.02 Å². The molecule has 1 aliphatic carbocycles. The van der Waals surface area contributed by atoms with Gasteiger partial charge in [-0.05, 0) is 43.5 Å². The Balaban J connectivity index is 1.88. The lowest BCUT2D eigenvalue weighted by Crippen LogP contribution is -2.39. The SMILES string of the molecule is CNC(Cc1cccc(F)c1Cl)C1(c2ccccc2)CC1. The van der Waals surface area contributed by atoms with E-state index in [9.17, 15) is 4.39 Å². The van der Waals surface area contributed by atoms with Gasteiger partial charge in [-0.25, -0.2) is 4.39 Å². The maximum atomic E-state index is 13.6. The minimum absolute atomic E-state index is 0.158. The van der Waals surface area contributed by atoms with E-state index in [4.69, 9.17) is 11.6 Å². The summed E-state index contributed by atoms with van der Waals surface area (Å²) in [6.45, 7) is 0. The third-order valence-electron chi connectivity index (χ3n) is 4.61. The summed E-state index contributed by atoms with van der Waals surface area (Å²) >= 11 is 6.11. The van der Waals surface area contributed by atoms with Gasteiger partial charge in [0.1, 0.15) is 5.82 Å². The van der Waals surface area contributed by atoms with Gasteiger partial charge >= 0.3 is 0 Å². The highest BCUT2D eigenvalue weighted by molar-refractivity contribution is 6.31. The Morgan fingerprint density at radius 1 is 1.14 bits per heavy atom. The molecule has 0 amide bonds. The molecule has 0 spiro atoms. The molecular weight excluding hydrogens is 285 g/mol. The fraction of sp³-hybridized carbons (Fsp3) is 0.333. The van der Waals surface area contributed by atoms with Crippen molar-refractivity contribution < 1.29 is 4.39 Å². The summed E-state index contributed by atoms with van der Waals surface area (Å²) < 4.78 is 13.6. The van der Waals surface area contributed by atoms with Gasteiger partial charge in [-0.15, -0.1) is 0 Å². The van der Waals surface area contributed by atoms with E-state index >= 15 is 0 Å². The predicted octanol–water partition coefficient (Wildman–Crippen LogP) is 4.34. The zero-order chi connectivity index (χ0) is 14.9. The van der Waals surface area contributed by atoms with Crippen LogP contribution in [0.4, 0.5) is 4.39 Å². The highest BCUT2D eigenvalue weighted by atomic mass is 35.5. The van der Waals surface area contributed by atoms with Crippen molar-refractivity contribution in [3.63, 3.8) is 0 Å². The number of rotatable bonds is 5. The molecule has 3 rings (SSSR count). The normalized spacial score (nSPS) is 17.5. The smallest absolute Gasteiger partial charge is 0.142 e. The van der Waals surface area contributed by atoms with Crippen molar-refractivity contribution in [3.8, 4) is 0 Å². The number of halogens is 2. The number of hydrogen-bond acceptors (Lipinski definition) is 1. The molecule has 1 atom stereocenters. The molecular formula is C18H19ClFN. The summed E-state index contributed by atoms with van der Waals surface area (Å²) in [5.74, 6) is -0.339. The lowest BCUT2D eigenvalue weighted by Gasteiger charge is -2.28. The van der Waals surface area contributed by atoms with Gasteiger partial charge in [0.25, 0.3) is 0 Å². The van der Waals surface area contributed by atoms with Crippen LogP contribution in [-0.4, -0.2) is 13.1 Å². The van der Waals surface area contributed by atoms with Gasteiger partial charge in [-0.3, -0.25) is 0 Å². The first-order valence-corrected chi connectivity index (χ1v) is 7.71. The van der Waals surface area contributed by atoms with Crippen molar-refractivity contribution in [2.24, 2.45) is 0 Å². The van der Waals surface area contributed by atoms with Gasteiger partial charge in [0, 0.05) is 11.5 Å². The summed E-state index contributed by atoms with van der Waals surface area (Å²) in [5, 5.41) is 3.67. The summed E-state index contributed by atoms with van der Waals surface area (Å²) in [4.78, 5) is 0. The van der Waals surface area contributed by atoms with Gasteiger partial charge in [0.2, 0.25) is 0 Å². The van der Waals surface area contributed by atoms with Crippen LogP contribution in [0.5, 0.6) is 0 Å². The van der Waals surface area contributed by atoms with Gasteiger partial charge in [-0.2, -0.15) is 0 Å².